The summed E-state index contributed by atoms with van der Waals surface area (Å²) < 4.78 is 0. The Labute approximate surface area is 368 Å². The third-order valence-corrected chi connectivity index (χ3v) is 11.1. The van der Waals surface area contributed by atoms with Gasteiger partial charge in [0.15, 0.2) is 0 Å². The lowest BCUT2D eigenvalue weighted by Crippen LogP contribution is -2.40. The van der Waals surface area contributed by atoms with Gasteiger partial charge >= 0.3 is 0 Å². The Bertz CT molecular complexity index is 1560. The number of hydrogen-bond donors (Lipinski definition) is 6. The number of aryl methyl sites for hydroxylation is 2. The van der Waals surface area contributed by atoms with E-state index in [0.717, 1.165) is 91.4 Å². The van der Waals surface area contributed by atoms with Gasteiger partial charge in [-0.1, -0.05) is 167 Å². The first kappa shape index (κ1) is 51.6. The molecule has 0 aliphatic heterocycles. The zero-order valence-electron chi connectivity index (χ0n) is 38.5. The number of allylic oxidation sites excluding steroid dienone is 5. The highest BCUT2D eigenvalue weighted by molar-refractivity contribution is 5.49. The van der Waals surface area contributed by atoms with Crippen LogP contribution >= 0.6 is 0 Å². The molecule has 2 aromatic rings. The van der Waals surface area contributed by atoms with Gasteiger partial charge in [0.1, 0.15) is 0 Å². The van der Waals surface area contributed by atoms with E-state index in [1.807, 2.05) is 24.3 Å². The highest BCUT2D eigenvalue weighted by Crippen LogP contribution is 2.18. The van der Waals surface area contributed by atoms with E-state index in [1.165, 1.54) is 107 Å². The maximum atomic E-state index is 5.81. The first-order chi connectivity index (χ1) is 29.0. The van der Waals surface area contributed by atoms with E-state index in [0.29, 0.717) is 12.5 Å². The minimum absolute atomic E-state index is 0.119. The minimum atomic E-state index is 0.119. The lowest BCUT2D eigenvalue weighted by atomic mass is 10.00. The number of rotatable bonds is 38. The van der Waals surface area contributed by atoms with E-state index >= 15 is 0 Å². The van der Waals surface area contributed by atoms with Gasteiger partial charge in [-0.05, 0) is 105 Å². The Balaban J connectivity index is 1.41. The molecular formula is C54H86N6. The fraction of sp³-hybridized carbons (Fsp3) is 0.519. The Morgan fingerprint density at radius 2 is 1.05 bits per heavy atom. The molecule has 0 aliphatic carbocycles. The zero-order chi connectivity index (χ0) is 43.8. The van der Waals surface area contributed by atoms with Crippen molar-refractivity contribution in [2.24, 2.45) is 5.92 Å². The van der Waals surface area contributed by atoms with Crippen LogP contribution in [-0.4, -0.2) is 25.7 Å². The average molecular weight is 819 g/mol. The summed E-state index contributed by atoms with van der Waals surface area (Å²) in [4.78, 5) is 0. The van der Waals surface area contributed by atoms with Crippen LogP contribution in [0.2, 0.25) is 0 Å². The molecule has 0 fully saturated rings. The Kier molecular flexibility index (Phi) is 27.7. The van der Waals surface area contributed by atoms with Crippen molar-refractivity contribution in [3.05, 3.63) is 145 Å². The molecule has 0 bridgehead atoms. The maximum absolute atomic E-state index is 5.81. The summed E-state index contributed by atoms with van der Waals surface area (Å²) in [5.74, 6) is 0.387. The van der Waals surface area contributed by atoms with Crippen molar-refractivity contribution in [2.45, 2.75) is 155 Å². The Morgan fingerprint density at radius 1 is 0.567 bits per heavy atom. The molecule has 1 atom stereocenters. The quantitative estimate of drug-likeness (QED) is 0.0230. The number of hydrogen-bond acceptors (Lipinski definition) is 6. The summed E-state index contributed by atoms with van der Waals surface area (Å²) in [5, 5.41) is 17.5. The van der Waals surface area contributed by atoms with Crippen LogP contribution in [0.5, 0.6) is 0 Å². The van der Waals surface area contributed by atoms with Crippen molar-refractivity contribution in [2.75, 3.05) is 30.7 Å². The zero-order valence-corrected chi connectivity index (χ0v) is 38.5. The summed E-state index contributed by atoms with van der Waals surface area (Å²) in [6.45, 7) is 34.5. The van der Waals surface area contributed by atoms with Gasteiger partial charge < -0.3 is 32.3 Å². The van der Waals surface area contributed by atoms with Gasteiger partial charge in [-0.2, -0.15) is 0 Å². The Morgan fingerprint density at radius 3 is 1.60 bits per heavy atom. The molecule has 0 saturated heterocycles. The molecule has 0 aliphatic rings. The highest BCUT2D eigenvalue weighted by Gasteiger charge is 2.17. The Hall–Kier alpha value is -4.58. The van der Waals surface area contributed by atoms with Crippen molar-refractivity contribution in [3.63, 3.8) is 0 Å². The number of nitrogens with two attached hydrogens (primary N) is 1. The van der Waals surface area contributed by atoms with Gasteiger partial charge in [-0.25, -0.2) is 0 Å². The molecule has 0 radical (unpaired) electrons. The van der Waals surface area contributed by atoms with Crippen LogP contribution in [0.25, 0.3) is 0 Å². The third kappa shape index (κ3) is 25.8. The topological polar surface area (TPSA) is 86.2 Å². The fourth-order valence-electron chi connectivity index (χ4n) is 7.12. The van der Waals surface area contributed by atoms with Gasteiger partial charge in [0.05, 0.1) is 12.6 Å². The normalized spacial score (nSPS) is 11.6. The summed E-state index contributed by atoms with van der Waals surface area (Å²) in [5.41, 5.74) is 16.5. The van der Waals surface area contributed by atoms with Crippen molar-refractivity contribution >= 4 is 11.4 Å². The number of anilines is 2. The largest absolute Gasteiger partial charge is 0.399 e. The molecule has 1 unspecified atom stereocenters. The van der Waals surface area contributed by atoms with Crippen LogP contribution in [0, 0.1) is 5.92 Å². The summed E-state index contributed by atoms with van der Waals surface area (Å²) in [7, 11) is 0. The molecule has 2 rings (SSSR count). The molecule has 6 nitrogen and oxygen atoms in total. The number of nitrogens with one attached hydrogen (secondary N) is 5. The first-order valence-corrected chi connectivity index (χ1v) is 23.4. The monoisotopic (exact) mass is 819 g/mol. The number of nitrogen functional groups attached to an aromatic ring is 1. The van der Waals surface area contributed by atoms with E-state index in [9.17, 15) is 0 Å². The van der Waals surface area contributed by atoms with Gasteiger partial charge in [0.2, 0.25) is 0 Å². The molecule has 0 heterocycles. The standard InChI is InChI=1S/C54H86N6/c1-10-44(4)28-29-46(6)57-41-25-21-23-26-45(5)56-40-24-20-18-16-14-12-11-13-15-17-19-22-27-47(7)60-54(43(2)3)49(9)58-42-48(8)59-53-38-34-51(35-39-53)31-30-50-32-36-52(55)37-33-50/h28-29,32-39,43,54,56-60H,4-27,30-31,40-42,55H2,1-3H3/b29-28-. The average Bonchev–Trinajstić information content (AvgIpc) is 3.23. The van der Waals surface area contributed by atoms with Crippen LogP contribution in [0.1, 0.15) is 147 Å². The fourth-order valence-corrected chi connectivity index (χ4v) is 7.12. The van der Waals surface area contributed by atoms with E-state index in [-0.39, 0.29) is 6.04 Å². The molecule has 332 valence electrons. The smallest absolute Gasteiger partial charge is 0.0673 e. The van der Waals surface area contributed by atoms with E-state index < -0.39 is 0 Å². The maximum Gasteiger partial charge on any atom is 0.0673 e. The highest BCUT2D eigenvalue weighted by atomic mass is 15.0. The lowest BCUT2D eigenvalue weighted by Gasteiger charge is -2.28. The minimum Gasteiger partial charge on any atom is -0.399 e. The summed E-state index contributed by atoms with van der Waals surface area (Å²) in [6, 6.07) is 16.9. The van der Waals surface area contributed by atoms with Crippen molar-refractivity contribution in [1.29, 1.82) is 0 Å². The molecule has 0 saturated carbocycles. The lowest BCUT2D eigenvalue weighted by molar-refractivity contribution is 0.452. The molecule has 0 spiro atoms. The molecule has 2 aromatic carbocycles. The van der Waals surface area contributed by atoms with Crippen LogP contribution in [0.4, 0.5) is 11.4 Å². The summed E-state index contributed by atoms with van der Waals surface area (Å²) in [6.07, 6.45) is 28.5. The second-order valence-corrected chi connectivity index (χ2v) is 17.1. The molecular weight excluding hydrogens is 733 g/mol. The van der Waals surface area contributed by atoms with E-state index in [2.05, 4.69) is 123 Å². The number of benzene rings is 2. The van der Waals surface area contributed by atoms with E-state index in [4.69, 9.17) is 5.73 Å². The number of unbranched alkanes of at least 4 members (excludes halogenated alkanes) is 13. The SMILES string of the molecule is C=C(/C=C\C(=C)NCCCCCC(=C)NCCCCCCCCCCCCCCC(=C)NC(C(=C)NCC(=C)Nc1ccc(CCc2ccc(N)cc2)cc1)C(C)C)CC. The first-order valence-electron chi connectivity index (χ1n) is 23.4. The van der Waals surface area contributed by atoms with Crippen molar-refractivity contribution in [1.82, 2.24) is 21.3 Å². The molecule has 6 heteroatoms. The second kappa shape index (κ2) is 32.2. The molecule has 7 N–H and O–H groups in total. The van der Waals surface area contributed by atoms with Crippen LogP contribution in [-0.2, 0) is 12.8 Å². The van der Waals surface area contributed by atoms with Crippen LogP contribution in [0.15, 0.2) is 134 Å². The van der Waals surface area contributed by atoms with Gasteiger partial charge in [0.25, 0.3) is 0 Å². The van der Waals surface area contributed by atoms with Crippen LogP contribution in [0.3, 0.4) is 0 Å². The van der Waals surface area contributed by atoms with Crippen molar-refractivity contribution in [3.8, 4) is 0 Å². The molecule has 0 amide bonds. The predicted molar refractivity (Wildman–Crippen MR) is 267 cm³/mol. The third-order valence-electron chi connectivity index (χ3n) is 11.1. The van der Waals surface area contributed by atoms with Gasteiger partial charge in [0, 0.05) is 52.9 Å². The predicted octanol–water partition coefficient (Wildman–Crippen LogP) is 13.6. The molecule has 60 heavy (non-hydrogen) atoms. The van der Waals surface area contributed by atoms with E-state index in [1.54, 1.807) is 0 Å². The summed E-state index contributed by atoms with van der Waals surface area (Å²) >= 11 is 0. The van der Waals surface area contributed by atoms with Gasteiger partial charge in [-0.15, -0.1) is 0 Å². The second-order valence-electron chi connectivity index (χ2n) is 17.1. The van der Waals surface area contributed by atoms with Crippen molar-refractivity contribution < 1.29 is 0 Å². The molecule has 0 aromatic heterocycles. The van der Waals surface area contributed by atoms with Crippen LogP contribution < -0.4 is 32.3 Å². The van der Waals surface area contributed by atoms with Gasteiger partial charge in [-0.3, -0.25) is 0 Å².